The molecule has 33 heavy (non-hydrogen) atoms. The van der Waals surface area contributed by atoms with Crippen molar-refractivity contribution in [3.8, 4) is 0 Å². The van der Waals surface area contributed by atoms with Crippen LogP contribution in [0.15, 0.2) is 78.9 Å². The number of rotatable bonds is 8. The van der Waals surface area contributed by atoms with E-state index in [1.165, 1.54) is 50.9 Å². The number of likely N-dealkylation sites (tertiary alicyclic amines) is 1. The van der Waals surface area contributed by atoms with Crippen LogP contribution in [0.1, 0.15) is 48.9 Å². The normalized spacial score (nSPS) is 15.4. The van der Waals surface area contributed by atoms with E-state index in [0.29, 0.717) is 6.42 Å². The number of aromatic nitrogens is 1. The van der Waals surface area contributed by atoms with Gasteiger partial charge in [-0.2, -0.15) is 0 Å². The third-order valence-electron chi connectivity index (χ3n) is 7.27. The monoisotopic (exact) mass is 438 g/mol. The van der Waals surface area contributed by atoms with E-state index in [4.69, 9.17) is 0 Å². The first-order chi connectivity index (χ1) is 16.3. The first-order valence-corrected chi connectivity index (χ1v) is 12.6. The summed E-state index contributed by atoms with van der Waals surface area (Å²) in [5, 5.41) is 2.33. The maximum Gasteiger partial charge on any atom is 0.231 e. The van der Waals surface area contributed by atoms with E-state index in [1.807, 2.05) is 28.8 Å². The first-order valence-electron chi connectivity index (χ1n) is 12.6. The second-order valence-corrected chi connectivity index (χ2v) is 9.55. The van der Waals surface area contributed by atoms with Gasteiger partial charge >= 0.3 is 0 Å². The van der Waals surface area contributed by atoms with Crippen molar-refractivity contribution in [3.05, 3.63) is 84.4 Å². The quantitative estimate of drug-likeness (QED) is 0.278. The first kappa shape index (κ1) is 21.9. The second kappa shape index (κ2) is 10.4. The molecule has 0 aliphatic carbocycles. The van der Waals surface area contributed by atoms with Crippen LogP contribution in [0.5, 0.6) is 0 Å². The lowest BCUT2D eigenvalue weighted by atomic mass is 9.90. The van der Waals surface area contributed by atoms with E-state index < -0.39 is 0 Å². The molecule has 0 saturated carbocycles. The van der Waals surface area contributed by atoms with Gasteiger partial charge in [-0.05, 0) is 75.4 Å². The number of para-hydroxylation sites is 2. The van der Waals surface area contributed by atoms with Gasteiger partial charge in [-0.1, -0.05) is 73.2 Å². The lowest BCUT2D eigenvalue weighted by Crippen LogP contribution is -2.35. The molecule has 0 bridgehead atoms. The molecule has 5 rings (SSSR count). The highest BCUT2D eigenvalue weighted by Crippen LogP contribution is 2.29. The lowest BCUT2D eigenvalue weighted by Gasteiger charge is -2.32. The molecule has 170 valence electrons. The maximum atomic E-state index is 13.1. The third-order valence-corrected chi connectivity index (χ3v) is 7.27. The van der Waals surface area contributed by atoms with Gasteiger partial charge in [-0.25, -0.2) is 0 Å². The molecule has 1 saturated heterocycles. The van der Waals surface area contributed by atoms with Gasteiger partial charge in [0.1, 0.15) is 0 Å². The molecule has 3 heteroatoms. The average molecular weight is 439 g/mol. The van der Waals surface area contributed by atoms with E-state index in [0.717, 1.165) is 40.6 Å². The van der Waals surface area contributed by atoms with Crippen molar-refractivity contribution in [3.63, 3.8) is 0 Å². The summed E-state index contributed by atoms with van der Waals surface area (Å²) >= 11 is 0. The van der Waals surface area contributed by atoms with Crippen molar-refractivity contribution in [1.82, 2.24) is 9.47 Å². The van der Waals surface area contributed by atoms with Crippen molar-refractivity contribution in [2.45, 2.75) is 44.9 Å². The van der Waals surface area contributed by atoms with Crippen LogP contribution in [0.4, 0.5) is 0 Å². The van der Waals surface area contributed by atoms with Gasteiger partial charge in [0.15, 0.2) is 0 Å². The Morgan fingerprint density at radius 3 is 2.00 bits per heavy atom. The standard InChI is InChI=1S/C30H34N2O/c33-30(32-28-15-8-6-13-26(28)27-14-7-9-16-29(27)32)17-5-2-10-20-31-21-18-25(19-22-31)23-24-11-3-1-4-12-24/h1,3-4,6-9,11-16,25H,2,5,10,17-23H2. The number of nitrogens with zero attached hydrogens (tertiary/aromatic N) is 2. The van der Waals surface area contributed by atoms with Crippen LogP contribution in [-0.4, -0.2) is 35.0 Å². The zero-order chi connectivity index (χ0) is 22.5. The van der Waals surface area contributed by atoms with Gasteiger partial charge in [0.05, 0.1) is 11.0 Å². The largest absolute Gasteiger partial charge is 0.303 e. The van der Waals surface area contributed by atoms with Gasteiger partial charge in [0, 0.05) is 17.2 Å². The summed E-state index contributed by atoms with van der Waals surface area (Å²) in [6.45, 7) is 3.61. The van der Waals surface area contributed by atoms with Crippen LogP contribution in [-0.2, 0) is 6.42 Å². The van der Waals surface area contributed by atoms with Crippen LogP contribution in [0.25, 0.3) is 21.8 Å². The topological polar surface area (TPSA) is 25.2 Å². The number of hydrogen-bond acceptors (Lipinski definition) is 2. The number of piperidine rings is 1. The Morgan fingerprint density at radius 1 is 0.727 bits per heavy atom. The molecule has 0 atom stereocenters. The van der Waals surface area contributed by atoms with Gasteiger partial charge in [0.2, 0.25) is 5.91 Å². The number of unbranched alkanes of at least 4 members (excludes halogenated alkanes) is 2. The summed E-state index contributed by atoms with van der Waals surface area (Å²) in [5.74, 6) is 1.04. The summed E-state index contributed by atoms with van der Waals surface area (Å²) in [5.41, 5.74) is 3.54. The number of hydrogen-bond donors (Lipinski definition) is 0. The van der Waals surface area contributed by atoms with E-state index in [-0.39, 0.29) is 5.91 Å². The number of benzene rings is 3. The van der Waals surface area contributed by atoms with E-state index in [9.17, 15) is 4.79 Å². The van der Waals surface area contributed by atoms with E-state index in [1.54, 1.807) is 0 Å². The highest BCUT2D eigenvalue weighted by atomic mass is 16.2. The van der Waals surface area contributed by atoms with E-state index in [2.05, 4.69) is 59.5 Å². The zero-order valence-electron chi connectivity index (χ0n) is 19.5. The molecule has 3 aromatic carbocycles. The van der Waals surface area contributed by atoms with Crippen LogP contribution >= 0.6 is 0 Å². The number of carbonyl (C=O) groups excluding carboxylic acids is 1. The molecular formula is C30H34N2O. The summed E-state index contributed by atoms with van der Waals surface area (Å²) in [6, 6.07) is 27.4. The minimum atomic E-state index is 0.217. The molecule has 0 amide bonds. The molecule has 0 spiro atoms. The lowest BCUT2D eigenvalue weighted by molar-refractivity contribution is 0.0908. The minimum Gasteiger partial charge on any atom is -0.303 e. The third kappa shape index (κ3) is 5.04. The van der Waals surface area contributed by atoms with Crippen LogP contribution in [0.3, 0.4) is 0 Å². The van der Waals surface area contributed by atoms with Crippen molar-refractivity contribution >= 4 is 27.7 Å². The van der Waals surface area contributed by atoms with Crippen molar-refractivity contribution in [2.75, 3.05) is 19.6 Å². The van der Waals surface area contributed by atoms with Crippen molar-refractivity contribution in [1.29, 1.82) is 0 Å². The summed E-state index contributed by atoms with van der Waals surface area (Å²) in [7, 11) is 0. The summed E-state index contributed by atoms with van der Waals surface area (Å²) in [6.07, 6.45) is 7.71. The molecule has 0 N–H and O–H groups in total. The smallest absolute Gasteiger partial charge is 0.231 e. The average Bonchev–Trinajstić information content (AvgIpc) is 3.20. The van der Waals surface area contributed by atoms with Crippen LogP contribution in [0.2, 0.25) is 0 Å². The summed E-state index contributed by atoms with van der Waals surface area (Å²) in [4.78, 5) is 15.8. The summed E-state index contributed by atoms with van der Waals surface area (Å²) < 4.78 is 1.93. The predicted molar refractivity (Wildman–Crippen MR) is 138 cm³/mol. The fourth-order valence-corrected chi connectivity index (χ4v) is 5.45. The number of carbonyl (C=O) groups is 1. The maximum absolute atomic E-state index is 13.1. The fraction of sp³-hybridized carbons (Fsp3) is 0.367. The molecule has 3 nitrogen and oxygen atoms in total. The van der Waals surface area contributed by atoms with Crippen LogP contribution in [0, 0.1) is 5.92 Å². The zero-order valence-corrected chi connectivity index (χ0v) is 19.5. The molecule has 0 radical (unpaired) electrons. The highest BCUT2D eigenvalue weighted by molar-refractivity contribution is 6.13. The Balaban J connectivity index is 1.07. The molecule has 0 unspecified atom stereocenters. The predicted octanol–water partition coefficient (Wildman–Crippen LogP) is 6.95. The molecule has 1 aliphatic heterocycles. The fourth-order valence-electron chi connectivity index (χ4n) is 5.45. The molecule has 1 aromatic heterocycles. The van der Waals surface area contributed by atoms with Gasteiger partial charge in [-0.3, -0.25) is 9.36 Å². The van der Waals surface area contributed by atoms with E-state index >= 15 is 0 Å². The van der Waals surface area contributed by atoms with Crippen molar-refractivity contribution < 1.29 is 4.79 Å². The Morgan fingerprint density at radius 2 is 1.33 bits per heavy atom. The molecule has 1 aliphatic rings. The Bertz CT molecular complexity index is 1150. The molecular weight excluding hydrogens is 404 g/mol. The highest BCUT2D eigenvalue weighted by Gasteiger charge is 2.19. The Hall–Kier alpha value is -2.91. The SMILES string of the molecule is O=C(CCCCCN1CCC(Cc2ccccc2)CC1)n1c2ccccc2c2ccccc21. The van der Waals surface area contributed by atoms with Gasteiger partial charge in [-0.15, -0.1) is 0 Å². The van der Waals surface area contributed by atoms with Gasteiger partial charge in [0.25, 0.3) is 0 Å². The minimum absolute atomic E-state index is 0.217. The van der Waals surface area contributed by atoms with Crippen LogP contribution < -0.4 is 0 Å². The number of fused-ring (bicyclic) bond motifs is 3. The molecule has 1 fully saturated rings. The Labute approximate surface area is 197 Å². The van der Waals surface area contributed by atoms with Crippen molar-refractivity contribution in [2.24, 2.45) is 5.92 Å². The van der Waals surface area contributed by atoms with Gasteiger partial charge < -0.3 is 4.90 Å². The molecule has 2 heterocycles. The second-order valence-electron chi connectivity index (χ2n) is 9.55. The molecule has 4 aromatic rings. The Kier molecular flexibility index (Phi) is 6.87.